The van der Waals surface area contributed by atoms with Crippen LogP contribution in [0, 0.1) is 6.20 Å². The predicted octanol–water partition coefficient (Wildman–Crippen LogP) is 3.05. The Morgan fingerprint density at radius 3 is 2.93 bits per heavy atom. The fraction of sp³-hybridized carbons (Fsp3) is 0. The van der Waals surface area contributed by atoms with E-state index in [0.717, 1.165) is 8.95 Å². The number of hydrogen-bond donors (Lipinski definition) is 0. The van der Waals surface area contributed by atoms with Crippen LogP contribution in [0.4, 0.5) is 0 Å². The molecule has 1 heterocycles. The van der Waals surface area contributed by atoms with Crippen molar-refractivity contribution < 1.29 is 4.84 Å². The topological polar surface area (TPSA) is 27.1 Å². The Kier molecular flexibility index (Phi) is 2.88. The van der Waals surface area contributed by atoms with Gasteiger partial charge in [-0.05, 0) is 50.1 Å². The first kappa shape index (κ1) is 9.73. The monoisotopic (exact) mass is 315 g/mol. The number of halogens is 2. The highest BCUT2D eigenvalue weighted by atomic mass is 79.9. The molecular formula is C9H5Br2N2O. The molecule has 0 unspecified atom stereocenters. The molecule has 0 fully saturated rings. The third kappa shape index (κ3) is 1.99. The molecule has 14 heavy (non-hydrogen) atoms. The molecule has 1 radical (unpaired) electrons. The van der Waals surface area contributed by atoms with Gasteiger partial charge in [0, 0.05) is 4.47 Å². The fourth-order valence-corrected chi connectivity index (χ4v) is 1.61. The summed E-state index contributed by atoms with van der Waals surface area (Å²) in [5.74, 6) is 0.691. The molecule has 0 aliphatic heterocycles. The van der Waals surface area contributed by atoms with Crippen molar-refractivity contribution >= 4 is 31.9 Å². The van der Waals surface area contributed by atoms with Crippen molar-refractivity contribution in [2.45, 2.75) is 0 Å². The number of nitrogens with zero attached hydrogens (tertiary/aromatic N) is 2. The summed E-state index contributed by atoms with van der Waals surface area (Å²) in [4.78, 5) is 6.77. The maximum atomic E-state index is 5.43. The van der Waals surface area contributed by atoms with Crippen molar-refractivity contribution in [2.24, 2.45) is 0 Å². The zero-order valence-electron chi connectivity index (χ0n) is 6.95. The summed E-state index contributed by atoms with van der Waals surface area (Å²) < 4.78 is 1.79. The van der Waals surface area contributed by atoms with Gasteiger partial charge in [-0.2, -0.15) is 0 Å². The Bertz CT molecular complexity index is 428. The first-order chi connectivity index (χ1) is 6.77. The number of benzene rings is 1. The van der Waals surface area contributed by atoms with Crippen molar-refractivity contribution in [3.8, 4) is 5.75 Å². The summed E-state index contributed by atoms with van der Waals surface area (Å²) in [6.45, 7) is 0. The van der Waals surface area contributed by atoms with Gasteiger partial charge < -0.3 is 4.84 Å². The molecule has 0 bridgehead atoms. The zero-order chi connectivity index (χ0) is 9.97. The van der Waals surface area contributed by atoms with Crippen LogP contribution in [-0.4, -0.2) is 9.94 Å². The lowest BCUT2D eigenvalue weighted by Gasteiger charge is -2.06. The van der Waals surface area contributed by atoms with Crippen LogP contribution in [0.25, 0.3) is 0 Å². The summed E-state index contributed by atoms with van der Waals surface area (Å²) in [7, 11) is 0. The first-order valence-corrected chi connectivity index (χ1v) is 5.40. The van der Waals surface area contributed by atoms with Crippen LogP contribution in [-0.2, 0) is 0 Å². The van der Waals surface area contributed by atoms with Crippen molar-refractivity contribution in [3.05, 3.63) is 45.6 Å². The van der Waals surface area contributed by atoms with E-state index in [4.69, 9.17) is 4.84 Å². The third-order valence-electron chi connectivity index (χ3n) is 1.54. The minimum Gasteiger partial charge on any atom is -0.357 e. The highest BCUT2D eigenvalue weighted by Crippen LogP contribution is 2.32. The van der Waals surface area contributed by atoms with Crippen LogP contribution in [0.5, 0.6) is 5.75 Å². The van der Waals surface area contributed by atoms with E-state index >= 15 is 0 Å². The SMILES string of the molecule is Brc1cccc(On2cc[c]n2)c1Br. The lowest BCUT2D eigenvalue weighted by molar-refractivity contribution is 0.177. The largest absolute Gasteiger partial charge is 0.357 e. The van der Waals surface area contributed by atoms with Crippen molar-refractivity contribution in [1.29, 1.82) is 0 Å². The van der Waals surface area contributed by atoms with Crippen LogP contribution in [0.1, 0.15) is 0 Å². The Morgan fingerprint density at radius 2 is 2.21 bits per heavy atom. The van der Waals surface area contributed by atoms with E-state index < -0.39 is 0 Å². The lowest BCUT2D eigenvalue weighted by Crippen LogP contribution is -2.05. The second kappa shape index (κ2) is 4.14. The van der Waals surface area contributed by atoms with E-state index in [1.807, 2.05) is 18.2 Å². The average Bonchev–Trinajstić information content (AvgIpc) is 2.66. The number of aromatic nitrogens is 2. The smallest absolute Gasteiger partial charge is 0.173 e. The van der Waals surface area contributed by atoms with E-state index in [1.165, 1.54) is 4.85 Å². The Balaban J connectivity index is 2.29. The first-order valence-electron chi connectivity index (χ1n) is 3.81. The normalized spacial score (nSPS) is 10.1. The lowest BCUT2D eigenvalue weighted by atomic mass is 10.3. The molecule has 0 N–H and O–H groups in total. The Hall–Kier alpha value is -0.810. The maximum Gasteiger partial charge on any atom is 0.173 e. The molecule has 0 amide bonds. The van der Waals surface area contributed by atoms with Crippen LogP contribution >= 0.6 is 31.9 Å². The molecule has 2 rings (SSSR count). The molecule has 1 aromatic carbocycles. The standard InChI is InChI=1S/C9H5Br2N2O/c10-7-3-1-4-8(9(7)11)14-13-6-2-5-12-13/h1-4,6H. The molecule has 2 aromatic rings. The van der Waals surface area contributed by atoms with Crippen molar-refractivity contribution in [2.75, 3.05) is 0 Å². The molecule has 0 spiro atoms. The minimum absolute atomic E-state index is 0.691. The van der Waals surface area contributed by atoms with Crippen LogP contribution in [0.2, 0.25) is 0 Å². The van der Waals surface area contributed by atoms with Gasteiger partial charge in [0.25, 0.3) is 0 Å². The minimum atomic E-state index is 0.691. The summed E-state index contributed by atoms with van der Waals surface area (Å²) in [6.07, 6.45) is 4.32. The zero-order valence-corrected chi connectivity index (χ0v) is 10.1. The van der Waals surface area contributed by atoms with E-state index in [0.29, 0.717) is 5.75 Å². The van der Waals surface area contributed by atoms with Gasteiger partial charge in [0.2, 0.25) is 0 Å². The second-order valence-corrected chi connectivity index (χ2v) is 4.14. The van der Waals surface area contributed by atoms with Gasteiger partial charge in [0.05, 0.1) is 10.7 Å². The van der Waals surface area contributed by atoms with Gasteiger partial charge in [0.15, 0.2) is 5.75 Å². The van der Waals surface area contributed by atoms with Crippen LogP contribution < -0.4 is 4.84 Å². The summed E-state index contributed by atoms with van der Waals surface area (Å²) in [5, 5.41) is 3.82. The molecule has 0 aliphatic rings. The average molecular weight is 317 g/mol. The van der Waals surface area contributed by atoms with Gasteiger partial charge in [0.1, 0.15) is 6.20 Å². The molecule has 3 nitrogen and oxygen atoms in total. The van der Waals surface area contributed by atoms with Gasteiger partial charge in [-0.15, -0.1) is 5.10 Å². The summed E-state index contributed by atoms with van der Waals surface area (Å²) in [5.41, 5.74) is 0. The second-order valence-electron chi connectivity index (χ2n) is 2.49. The molecule has 0 saturated carbocycles. The van der Waals surface area contributed by atoms with Gasteiger partial charge in [-0.25, -0.2) is 0 Å². The third-order valence-corrected chi connectivity index (χ3v) is 3.55. The van der Waals surface area contributed by atoms with E-state index in [2.05, 4.69) is 43.2 Å². The summed E-state index contributed by atoms with van der Waals surface area (Å²) in [6, 6.07) is 7.33. The molecular weight excluding hydrogens is 312 g/mol. The Morgan fingerprint density at radius 1 is 1.36 bits per heavy atom. The van der Waals surface area contributed by atoms with Crippen molar-refractivity contribution in [1.82, 2.24) is 9.94 Å². The summed E-state index contributed by atoms with van der Waals surface area (Å²) >= 11 is 6.79. The number of rotatable bonds is 2. The van der Waals surface area contributed by atoms with Crippen molar-refractivity contribution in [3.63, 3.8) is 0 Å². The fourth-order valence-electron chi connectivity index (χ4n) is 0.927. The molecule has 0 saturated heterocycles. The van der Waals surface area contributed by atoms with Gasteiger partial charge >= 0.3 is 0 Å². The number of hydrogen-bond acceptors (Lipinski definition) is 2. The highest BCUT2D eigenvalue weighted by molar-refractivity contribution is 9.13. The molecule has 71 valence electrons. The predicted molar refractivity (Wildman–Crippen MR) is 58.9 cm³/mol. The van der Waals surface area contributed by atoms with Gasteiger partial charge in [-0.3, -0.25) is 0 Å². The molecule has 5 heteroatoms. The van der Waals surface area contributed by atoms with Crippen LogP contribution in [0.15, 0.2) is 39.4 Å². The molecule has 1 aromatic heterocycles. The molecule has 0 atom stereocenters. The quantitative estimate of drug-likeness (QED) is 0.851. The highest BCUT2D eigenvalue weighted by Gasteiger charge is 2.05. The Labute approximate surface area is 97.9 Å². The molecule has 0 aliphatic carbocycles. The van der Waals surface area contributed by atoms with E-state index in [9.17, 15) is 0 Å². The van der Waals surface area contributed by atoms with Crippen LogP contribution in [0.3, 0.4) is 0 Å². The maximum absolute atomic E-state index is 5.43. The van der Waals surface area contributed by atoms with E-state index in [-0.39, 0.29) is 0 Å². The van der Waals surface area contributed by atoms with Gasteiger partial charge in [-0.1, -0.05) is 10.9 Å². The van der Waals surface area contributed by atoms with E-state index in [1.54, 1.807) is 12.3 Å².